The number of hydrogen-bond donors (Lipinski definition) is 0. The van der Waals surface area contributed by atoms with Gasteiger partial charge in [0.25, 0.3) is 0 Å². The highest BCUT2D eigenvalue weighted by atomic mass is 16.6. The molecule has 0 saturated heterocycles. The Balaban J connectivity index is 3.97. The molecule has 0 fully saturated rings. The highest BCUT2D eigenvalue weighted by Gasteiger charge is 2.19. The smallest absolute Gasteiger partial charge is 0.306 e. The van der Waals surface area contributed by atoms with Gasteiger partial charge in [0.15, 0.2) is 6.10 Å². The number of esters is 3. The third-order valence-corrected chi connectivity index (χ3v) is 16.3. The van der Waals surface area contributed by atoms with Crippen LogP contribution in [-0.2, 0) is 28.6 Å². The lowest BCUT2D eigenvalue weighted by molar-refractivity contribution is -0.167. The summed E-state index contributed by atoms with van der Waals surface area (Å²) in [5.74, 6) is -0.862. The summed E-state index contributed by atoms with van der Waals surface area (Å²) < 4.78 is 16.9. The molecule has 0 amide bonds. The van der Waals surface area contributed by atoms with E-state index in [0.29, 0.717) is 19.3 Å². The van der Waals surface area contributed by atoms with Gasteiger partial charge in [-0.25, -0.2) is 0 Å². The third-order valence-electron chi connectivity index (χ3n) is 16.3. The molecule has 0 aromatic heterocycles. The maximum Gasteiger partial charge on any atom is 0.306 e. The quantitative estimate of drug-likeness (QED) is 0.0261. The Morgan fingerprint density at radius 3 is 0.744 bits per heavy atom. The van der Waals surface area contributed by atoms with Gasteiger partial charge in [-0.05, 0) is 64.2 Å². The molecule has 0 heterocycles. The predicted octanol–water partition coefficient (Wildman–Crippen LogP) is 25.1. The monoisotopic (exact) mass is 1150 g/mol. The van der Waals surface area contributed by atoms with E-state index < -0.39 is 6.10 Å². The maximum atomic E-state index is 12.9. The zero-order valence-electron chi connectivity index (χ0n) is 55.0. The topological polar surface area (TPSA) is 78.9 Å². The molecule has 478 valence electrons. The van der Waals surface area contributed by atoms with E-state index in [-0.39, 0.29) is 31.1 Å². The first kappa shape index (κ1) is 79.1. The lowest BCUT2D eigenvalue weighted by atomic mass is 10.0. The minimum Gasteiger partial charge on any atom is -0.462 e. The van der Waals surface area contributed by atoms with Crippen molar-refractivity contribution in [1.29, 1.82) is 0 Å². The van der Waals surface area contributed by atoms with Gasteiger partial charge in [-0.2, -0.15) is 0 Å². The van der Waals surface area contributed by atoms with Crippen LogP contribution in [0.15, 0.2) is 60.8 Å². The average Bonchev–Trinajstić information content (AvgIpc) is 3.47. The normalized spacial score (nSPS) is 12.4. The fraction of sp³-hybridized carbons (Fsp3) is 0.829. The number of rotatable bonds is 67. The van der Waals surface area contributed by atoms with Crippen LogP contribution in [0.3, 0.4) is 0 Å². The number of carbonyl (C=O) groups excluding carboxylic acids is 3. The first-order valence-electron chi connectivity index (χ1n) is 36.3. The van der Waals surface area contributed by atoms with E-state index in [1.807, 2.05) is 0 Å². The van der Waals surface area contributed by atoms with Crippen molar-refractivity contribution >= 4 is 17.9 Å². The average molecular weight is 1150 g/mol. The standard InChI is InChI=1S/C76H138O6/c1-4-7-10-13-16-18-20-22-24-26-28-30-32-34-36-37-38-39-41-42-44-46-48-50-52-54-56-58-60-63-66-69-75(78)81-72-73(71-80-74(77)68-65-62-15-12-9-6-3)82-76(79)70-67-64-61-59-57-55-53-51-49-47-45-43-40-35-33-31-29-27-25-23-21-19-17-14-11-8-5-2/h8,11,17,19,23,25,29,31,35,40,73H,4-7,9-10,12-16,18,20-22,24,26-28,30,32-34,36-39,41-72H2,1-3H3/b11-8-,19-17-,25-23-,31-29-,40-35-. The molecule has 0 aliphatic rings. The summed E-state index contributed by atoms with van der Waals surface area (Å²) in [7, 11) is 0. The van der Waals surface area contributed by atoms with E-state index in [4.69, 9.17) is 14.2 Å². The minimum atomic E-state index is -0.772. The zero-order valence-corrected chi connectivity index (χ0v) is 55.0. The third kappa shape index (κ3) is 67.9. The van der Waals surface area contributed by atoms with Crippen LogP contribution in [0.25, 0.3) is 0 Å². The number of unbranched alkanes of at least 4 members (excludes halogenated alkanes) is 46. The first-order chi connectivity index (χ1) is 40.5. The highest BCUT2D eigenvalue weighted by molar-refractivity contribution is 5.71. The molecule has 82 heavy (non-hydrogen) atoms. The van der Waals surface area contributed by atoms with Crippen LogP contribution in [0.2, 0.25) is 0 Å². The Bertz CT molecular complexity index is 1460. The molecule has 0 aromatic carbocycles. The van der Waals surface area contributed by atoms with Gasteiger partial charge in [0.2, 0.25) is 0 Å². The summed E-state index contributed by atoms with van der Waals surface area (Å²) in [5, 5.41) is 0. The van der Waals surface area contributed by atoms with Crippen LogP contribution in [-0.4, -0.2) is 37.2 Å². The van der Waals surface area contributed by atoms with Crippen LogP contribution in [0.5, 0.6) is 0 Å². The molecule has 0 aliphatic heterocycles. The van der Waals surface area contributed by atoms with Gasteiger partial charge in [-0.15, -0.1) is 0 Å². The van der Waals surface area contributed by atoms with Crippen molar-refractivity contribution in [2.75, 3.05) is 13.2 Å². The first-order valence-corrected chi connectivity index (χ1v) is 36.3. The van der Waals surface area contributed by atoms with Crippen LogP contribution in [0.4, 0.5) is 0 Å². The van der Waals surface area contributed by atoms with Gasteiger partial charge in [0.05, 0.1) is 0 Å². The second-order valence-corrected chi connectivity index (χ2v) is 24.5. The Hall–Kier alpha value is -2.89. The largest absolute Gasteiger partial charge is 0.462 e. The van der Waals surface area contributed by atoms with Crippen LogP contribution in [0, 0.1) is 0 Å². The molecule has 1 unspecified atom stereocenters. The van der Waals surface area contributed by atoms with E-state index in [1.54, 1.807) is 0 Å². The Kier molecular flexibility index (Phi) is 68.1. The van der Waals surface area contributed by atoms with Crippen molar-refractivity contribution in [1.82, 2.24) is 0 Å². The van der Waals surface area contributed by atoms with Crippen molar-refractivity contribution in [3.8, 4) is 0 Å². The molecule has 0 aromatic rings. The van der Waals surface area contributed by atoms with E-state index in [0.717, 1.165) is 89.9 Å². The molecular weight excluding hydrogens is 1010 g/mol. The van der Waals surface area contributed by atoms with Crippen molar-refractivity contribution < 1.29 is 28.6 Å². The Morgan fingerprint density at radius 2 is 0.476 bits per heavy atom. The summed E-state index contributed by atoms with van der Waals surface area (Å²) in [4.78, 5) is 38.1. The summed E-state index contributed by atoms with van der Waals surface area (Å²) >= 11 is 0. The molecule has 0 bridgehead atoms. The summed E-state index contributed by atoms with van der Waals surface area (Å²) in [6.45, 7) is 6.53. The fourth-order valence-corrected chi connectivity index (χ4v) is 10.9. The lowest BCUT2D eigenvalue weighted by Gasteiger charge is -2.18. The van der Waals surface area contributed by atoms with Crippen molar-refractivity contribution in [3.05, 3.63) is 60.8 Å². The van der Waals surface area contributed by atoms with E-state index >= 15 is 0 Å². The minimum absolute atomic E-state index is 0.0707. The van der Waals surface area contributed by atoms with E-state index in [1.165, 1.54) is 257 Å². The van der Waals surface area contributed by atoms with Crippen LogP contribution < -0.4 is 0 Å². The number of allylic oxidation sites excluding steroid dienone is 10. The Morgan fingerprint density at radius 1 is 0.256 bits per heavy atom. The number of ether oxygens (including phenoxy) is 3. The highest BCUT2D eigenvalue weighted by Crippen LogP contribution is 2.19. The molecular formula is C76H138O6. The predicted molar refractivity (Wildman–Crippen MR) is 358 cm³/mol. The SMILES string of the molecule is CC/C=C\C/C=C\C/C=C\C/C=C\C/C=C\CCCCCCCCCCCCCC(=O)OC(COC(=O)CCCCCCCC)COC(=O)CCCCCCCCCCCCCCCCCCCCCCCCCCCCCCCCC. The molecule has 0 N–H and O–H groups in total. The van der Waals surface area contributed by atoms with Gasteiger partial charge < -0.3 is 14.2 Å². The summed E-state index contributed by atoms with van der Waals surface area (Å²) in [6.07, 6.45) is 91.7. The number of hydrogen-bond acceptors (Lipinski definition) is 6. The molecule has 6 heteroatoms. The van der Waals surface area contributed by atoms with Crippen LogP contribution in [0.1, 0.15) is 387 Å². The summed E-state index contributed by atoms with van der Waals surface area (Å²) in [6, 6.07) is 0. The lowest BCUT2D eigenvalue weighted by Crippen LogP contribution is -2.30. The van der Waals surface area contributed by atoms with Gasteiger partial charge in [0, 0.05) is 19.3 Å². The van der Waals surface area contributed by atoms with Gasteiger partial charge in [0.1, 0.15) is 13.2 Å². The molecule has 0 spiro atoms. The molecule has 0 saturated carbocycles. The fourth-order valence-electron chi connectivity index (χ4n) is 10.9. The van der Waals surface area contributed by atoms with Gasteiger partial charge >= 0.3 is 17.9 Å². The molecule has 0 rings (SSSR count). The molecule has 0 aliphatic carbocycles. The number of carbonyl (C=O) groups is 3. The summed E-state index contributed by atoms with van der Waals surface area (Å²) in [5.41, 5.74) is 0. The van der Waals surface area contributed by atoms with Crippen molar-refractivity contribution in [2.24, 2.45) is 0 Å². The van der Waals surface area contributed by atoms with Crippen molar-refractivity contribution in [3.63, 3.8) is 0 Å². The van der Waals surface area contributed by atoms with E-state index in [2.05, 4.69) is 81.5 Å². The van der Waals surface area contributed by atoms with E-state index in [9.17, 15) is 14.4 Å². The maximum absolute atomic E-state index is 12.9. The molecule has 6 nitrogen and oxygen atoms in total. The van der Waals surface area contributed by atoms with Gasteiger partial charge in [-0.1, -0.05) is 364 Å². The second-order valence-electron chi connectivity index (χ2n) is 24.5. The Labute approximate surface area is 510 Å². The van der Waals surface area contributed by atoms with Crippen molar-refractivity contribution in [2.45, 2.75) is 393 Å². The molecule has 0 radical (unpaired) electrons. The second kappa shape index (κ2) is 70.6. The van der Waals surface area contributed by atoms with Crippen LogP contribution >= 0.6 is 0 Å². The molecule has 1 atom stereocenters. The zero-order chi connectivity index (χ0) is 59.2. The van der Waals surface area contributed by atoms with Gasteiger partial charge in [-0.3, -0.25) is 14.4 Å².